The van der Waals surface area contributed by atoms with E-state index in [9.17, 15) is 9.18 Å². The number of benzene rings is 1. The van der Waals surface area contributed by atoms with E-state index in [1.165, 1.54) is 0 Å². The van der Waals surface area contributed by atoms with Crippen molar-refractivity contribution in [2.24, 2.45) is 0 Å². The zero-order chi connectivity index (χ0) is 16.5. The molecule has 1 heterocycles. The number of aromatic amines is 1. The second-order valence-corrected chi connectivity index (χ2v) is 6.67. The molecule has 22 heavy (non-hydrogen) atoms. The normalized spacial score (nSPS) is 11.5. The Morgan fingerprint density at radius 1 is 1.36 bits per heavy atom. The molecular weight excluding hydrogens is 353 g/mol. The topological polar surface area (TPSA) is 67.9 Å². The molecule has 5 nitrogen and oxygen atoms in total. The molecular formula is C15H17BrFN3O2. The van der Waals surface area contributed by atoms with Crippen LogP contribution in [0.25, 0.3) is 11.3 Å². The van der Waals surface area contributed by atoms with Crippen molar-refractivity contribution in [1.29, 1.82) is 0 Å². The SMILES string of the molecule is CCOC(=O)c1n[nH]nc1-c1cc(C(C)(C)C)cc(Br)c1F. The van der Waals surface area contributed by atoms with Crippen molar-refractivity contribution >= 4 is 21.9 Å². The first kappa shape index (κ1) is 16.6. The van der Waals surface area contributed by atoms with E-state index in [0.29, 0.717) is 4.47 Å². The first-order valence-electron chi connectivity index (χ1n) is 6.83. The number of ether oxygens (including phenoxy) is 1. The third-order valence-corrected chi connectivity index (χ3v) is 3.74. The van der Waals surface area contributed by atoms with E-state index in [0.717, 1.165) is 5.56 Å². The number of hydrogen-bond donors (Lipinski definition) is 1. The minimum Gasteiger partial charge on any atom is -0.461 e. The summed E-state index contributed by atoms with van der Waals surface area (Å²) in [6, 6.07) is 3.41. The highest BCUT2D eigenvalue weighted by molar-refractivity contribution is 9.10. The first-order valence-corrected chi connectivity index (χ1v) is 7.62. The predicted molar refractivity (Wildman–Crippen MR) is 84.1 cm³/mol. The van der Waals surface area contributed by atoms with Crippen molar-refractivity contribution in [1.82, 2.24) is 15.4 Å². The van der Waals surface area contributed by atoms with Gasteiger partial charge in [-0.05, 0) is 46.0 Å². The van der Waals surface area contributed by atoms with Crippen LogP contribution in [0, 0.1) is 5.82 Å². The van der Waals surface area contributed by atoms with E-state index >= 15 is 0 Å². The molecule has 1 aromatic carbocycles. The Morgan fingerprint density at radius 3 is 2.64 bits per heavy atom. The molecule has 2 aromatic rings. The van der Waals surface area contributed by atoms with E-state index in [1.807, 2.05) is 20.8 Å². The lowest BCUT2D eigenvalue weighted by molar-refractivity contribution is 0.0520. The molecule has 0 aliphatic heterocycles. The van der Waals surface area contributed by atoms with Crippen LogP contribution in [0.1, 0.15) is 43.7 Å². The van der Waals surface area contributed by atoms with Gasteiger partial charge in [0, 0.05) is 5.56 Å². The monoisotopic (exact) mass is 369 g/mol. The molecule has 0 saturated heterocycles. The number of H-pyrrole nitrogens is 1. The maximum Gasteiger partial charge on any atom is 0.361 e. The van der Waals surface area contributed by atoms with Crippen LogP contribution in [0.3, 0.4) is 0 Å². The molecule has 7 heteroatoms. The lowest BCUT2D eigenvalue weighted by Crippen LogP contribution is -2.12. The standard InChI is InChI=1S/C15H17BrFN3O2/c1-5-22-14(21)13-12(18-20-19-13)9-6-8(15(2,3)4)7-10(16)11(9)17/h6-7H,5H2,1-4H3,(H,18,19,20). The van der Waals surface area contributed by atoms with Gasteiger partial charge < -0.3 is 4.74 Å². The largest absolute Gasteiger partial charge is 0.461 e. The van der Waals surface area contributed by atoms with Crippen molar-refractivity contribution in [3.05, 3.63) is 33.7 Å². The molecule has 0 bridgehead atoms. The molecule has 1 N–H and O–H groups in total. The molecule has 0 unspecified atom stereocenters. The maximum absolute atomic E-state index is 14.5. The van der Waals surface area contributed by atoms with Gasteiger partial charge in [0.1, 0.15) is 11.5 Å². The predicted octanol–water partition coefficient (Wildman–Crippen LogP) is 3.85. The molecule has 0 amide bonds. The Hall–Kier alpha value is -1.76. The summed E-state index contributed by atoms with van der Waals surface area (Å²) in [6.45, 7) is 7.96. The van der Waals surface area contributed by atoms with E-state index in [1.54, 1.807) is 19.1 Å². The number of esters is 1. The van der Waals surface area contributed by atoms with Crippen molar-refractivity contribution in [2.45, 2.75) is 33.1 Å². The number of halogens is 2. The smallest absolute Gasteiger partial charge is 0.361 e. The van der Waals surface area contributed by atoms with Crippen LogP contribution >= 0.6 is 15.9 Å². The van der Waals surface area contributed by atoms with Crippen molar-refractivity contribution in [2.75, 3.05) is 6.61 Å². The van der Waals surface area contributed by atoms with E-state index < -0.39 is 11.8 Å². The zero-order valence-electron chi connectivity index (χ0n) is 12.8. The Balaban J connectivity index is 2.61. The zero-order valence-corrected chi connectivity index (χ0v) is 14.4. The number of hydrogen-bond acceptors (Lipinski definition) is 4. The number of rotatable bonds is 3. The highest BCUT2D eigenvalue weighted by Gasteiger charge is 2.25. The van der Waals surface area contributed by atoms with Crippen LogP contribution in [0.15, 0.2) is 16.6 Å². The van der Waals surface area contributed by atoms with Crippen molar-refractivity contribution < 1.29 is 13.9 Å². The fourth-order valence-corrected chi connectivity index (χ4v) is 2.42. The van der Waals surface area contributed by atoms with E-state index in [4.69, 9.17) is 4.74 Å². The summed E-state index contributed by atoms with van der Waals surface area (Å²) in [5, 5.41) is 10.1. The molecule has 0 aliphatic carbocycles. The number of nitrogens with one attached hydrogen (secondary N) is 1. The summed E-state index contributed by atoms with van der Waals surface area (Å²) in [5.41, 5.74) is 1.05. The Labute approximate surface area is 136 Å². The van der Waals surface area contributed by atoms with Crippen LogP contribution in [0.5, 0.6) is 0 Å². The van der Waals surface area contributed by atoms with Crippen LogP contribution in [0.2, 0.25) is 0 Å². The van der Waals surface area contributed by atoms with Gasteiger partial charge in [-0.25, -0.2) is 9.18 Å². The van der Waals surface area contributed by atoms with Gasteiger partial charge in [0.15, 0.2) is 5.69 Å². The molecule has 118 valence electrons. The third-order valence-electron chi connectivity index (χ3n) is 3.17. The summed E-state index contributed by atoms with van der Waals surface area (Å²) in [6.07, 6.45) is 0. The molecule has 0 saturated carbocycles. The molecule has 0 spiro atoms. The minimum atomic E-state index is -0.636. The quantitative estimate of drug-likeness (QED) is 0.834. The minimum absolute atomic E-state index is 0.0290. The average molecular weight is 370 g/mol. The van der Waals surface area contributed by atoms with Crippen LogP contribution in [-0.4, -0.2) is 28.0 Å². The van der Waals surface area contributed by atoms with Crippen LogP contribution < -0.4 is 0 Å². The Bertz CT molecular complexity index is 707. The highest BCUT2D eigenvalue weighted by atomic mass is 79.9. The number of carbonyl (C=O) groups excluding carboxylic acids is 1. The first-order chi connectivity index (χ1) is 10.3. The fraction of sp³-hybridized carbons (Fsp3) is 0.400. The second-order valence-electron chi connectivity index (χ2n) is 5.81. The summed E-state index contributed by atoms with van der Waals surface area (Å²) < 4.78 is 19.7. The van der Waals surface area contributed by atoms with Gasteiger partial charge in [0.05, 0.1) is 11.1 Å². The number of carbonyl (C=O) groups is 1. The molecule has 0 atom stereocenters. The van der Waals surface area contributed by atoms with Gasteiger partial charge in [0.2, 0.25) is 0 Å². The Kier molecular flexibility index (Phi) is 4.65. The Morgan fingerprint density at radius 2 is 2.05 bits per heavy atom. The van der Waals surface area contributed by atoms with E-state index in [2.05, 4.69) is 31.3 Å². The molecule has 0 radical (unpaired) electrons. The molecule has 0 fully saturated rings. The summed E-state index contributed by atoms with van der Waals surface area (Å²) >= 11 is 3.22. The lowest BCUT2D eigenvalue weighted by Gasteiger charge is -2.20. The maximum atomic E-state index is 14.5. The number of aromatic nitrogens is 3. The van der Waals surface area contributed by atoms with Gasteiger partial charge in [-0.1, -0.05) is 20.8 Å². The van der Waals surface area contributed by atoms with Gasteiger partial charge in [0.25, 0.3) is 0 Å². The number of nitrogens with zero attached hydrogens (tertiary/aromatic N) is 2. The fourth-order valence-electron chi connectivity index (χ4n) is 1.95. The third kappa shape index (κ3) is 3.19. The molecule has 1 aromatic heterocycles. The van der Waals surface area contributed by atoms with Gasteiger partial charge in [-0.15, -0.1) is 5.10 Å². The van der Waals surface area contributed by atoms with Crippen molar-refractivity contribution in [3.8, 4) is 11.3 Å². The van der Waals surface area contributed by atoms with Crippen molar-refractivity contribution in [3.63, 3.8) is 0 Å². The molecule has 0 aliphatic rings. The lowest BCUT2D eigenvalue weighted by atomic mass is 9.85. The summed E-state index contributed by atoms with van der Waals surface area (Å²) in [7, 11) is 0. The summed E-state index contributed by atoms with van der Waals surface area (Å²) in [5.74, 6) is -1.13. The second kappa shape index (κ2) is 6.16. The summed E-state index contributed by atoms with van der Waals surface area (Å²) in [4.78, 5) is 11.9. The van der Waals surface area contributed by atoms with Crippen LogP contribution in [-0.2, 0) is 10.2 Å². The van der Waals surface area contributed by atoms with E-state index in [-0.39, 0.29) is 29.0 Å². The highest BCUT2D eigenvalue weighted by Crippen LogP contribution is 2.34. The van der Waals surface area contributed by atoms with Gasteiger partial charge >= 0.3 is 5.97 Å². The van der Waals surface area contributed by atoms with Crippen LogP contribution in [0.4, 0.5) is 4.39 Å². The van der Waals surface area contributed by atoms with Gasteiger partial charge in [-0.2, -0.15) is 10.3 Å². The molecule has 2 rings (SSSR count). The van der Waals surface area contributed by atoms with Gasteiger partial charge in [-0.3, -0.25) is 0 Å². The average Bonchev–Trinajstić information content (AvgIpc) is 2.90.